The number of hydrogen-bond donors (Lipinski definition) is 2. The van der Waals surface area contributed by atoms with Crippen molar-refractivity contribution < 1.29 is 14.6 Å². The number of aromatic carboxylic acids is 1. The van der Waals surface area contributed by atoms with Crippen LogP contribution >= 0.6 is 0 Å². The summed E-state index contributed by atoms with van der Waals surface area (Å²) in [5.41, 5.74) is 8.96. The predicted octanol–water partition coefficient (Wildman–Crippen LogP) is 1.77. The molecular weight excluding hydrogens is 284 g/mol. The van der Waals surface area contributed by atoms with Crippen LogP contribution < -0.4 is 10.5 Å². The molecule has 0 aliphatic carbocycles. The molecule has 0 atom stereocenters. The smallest absolute Gasteiger partial charge is 0.335 e. The van der Waals surface area contributed by atoms with Gasteiger partial charge in [0.25, 0.3) is 0 Å². The van der Waals surface area contributed by atoms with Crippen molar-refractivity contribution >= 4 is 22.7 Å². The first-order valence-corrected chi connectivity index (χ1v) is 6.57. The Hall–Kier alpha value is -3.09. The molecule has 1 aromatic heterocycles. The first-order valence-electron chi connectivity index (χ1n) is 6.57. The summed E-state index contributed by atoms with van der Waals surface area (Å²) in [7, 11) is 1.50. The van der Waals surface area contributed by atoms with Gasteiger partial charge in [-0.15, -0.1) is 5.10 Å². The highest BCUT2D eigenvalue weighted by atomic mass is 16.5. The third-order valence-electron chi connectivity index (χ3n) is 3.39. The lowest BCUT2D eigenvalue weighted by Gasteiger charge is -2.10. The highest BCUT2D eigenvalue weighted by Crippen LogP contribution is 2.23. The normalized spacial score (nSPS) is 10.8. The molecule has 3 aromatic rings. The third kappa shape index (κ3) is 2.44. The Bertz CT molecular complexity index is 857. The second-order valence-corrected chi connectivity index (χ2v) is 4.83. The van der Waals surface area contributed by atoms with Crippen LogP contribution in [0.3, 0.4) is 0 Å². The Balaban J connectivity index is 2.01. The van der Waals surface area contributed by atoms with Crippen molar-refractivity contribution in [2.24, 2.45) is 0 Å². The van der Waals surface area contributed by atoms with E-state index < -0.39 is 5.97 Å². The standard InChI is InChI=1S/C15H14N4O3/c1-22-14-6-9(15(20)21)2-3-10(14)8-19-13-7-11(16)4-5-12(13)17-18-19/h2-7H,8,16H2,1H3,(H,20,21). The third-order valence-corrected chi connectivity index (χ3v) is 3.39. The number of methoxy groups -OCH3 is 1. The number of carbonyl (C=O) groups is 1. The molecule has 0 bridgehead atoms. The van der Waals surface area contributed by atoms with Crippen LogP contribution in [0.1, 0.15) is 15.9 Å². The van der Waals surface area contributed by atoms with Crippen LogP contribution in [0.15, 0.2) is 36.4 Å². The van der Waals surface area contributed by atoms with Gasteiger partial charge in [-0.1, -0.05) is 11.3 Å². The number of nitrogens with zero attached hydrogens (tertiary/aromatic N) is 3. The Morgan fingerprint density at radius 2 is 2.14 bits per heavy atom. The molecule has 2 aromatic carbocycles. The van der Waals surface area contributed by atoms with Crippen LogP contribution in [0.25, 0.3) is 11.0 Å². The summed E-state index contributed by atoms with van der Waals surface area (Å²) in [6, 6.07) is 10.1. The highest BCUT2D eigenvalue weighted by Gasteiger charge is 2.12. The number of hydrogen-bond acceptors (Lipinski definition) is 5. The first-order chi connectivity index (χ1) is 10.6. The summed E-state index contributed by atoms with van der Waals surface area (Å²) >= 11 is 0. The van der Waals surface area contributed by atoms with E-state index in [9.17, 15) is 4.79 Å². The Labute approximate surface area is 125 Å². The molecule has 22 heavy (non-hydrogen) atoms. The quantitative estimate of drug-likeness (QED) is 0.711. The second kappa shape index (κ2) is 5.36. The van der Waals surface area contributed by atoms with Crippen LogP contribution in [-0.2, 0) is 6.54 Å². The number of nitrogens with two attached hydrogens (primary N) is 1. The number of fused-ring (bicyclic) bond motifs is 1. The molecule has 3 rings (SSSR count). The van der Waals surface area contributed by atoms with Gasteiger partial charge < -0.3 is 15.6 Å². The Kier molecular flexibility index (Phi) is 3.38. The van der Waals surface area contributed by atoms with E-state index in [0.717, 1.165) is 16.6 Å². The van der Waals surface area contributed by atoms with Gasteiger partial charge in [0.05, 0.1) is 24.7 Å². The second-order valence-electron chi connectivity index (χ2n) is 4.83. The van der Waals surface area contributed by atoms with E-state index in [4.69, 9.17) is 15.6 Å². The van der Waals surface area contributed by atoms with E-state index in [2.05, 4.69) is 10.3 Å². The van der Waals surface area contributed by atoms with E-state index >= 15 is 0 Å². The zero-order chi connectivity index (χ0) is 15.7. The summed E-state index contributed by atoms with van der Waals surface area (Å²) in [4.78, 5) is 11.0. The number of rotatable bonds is 4. The van der Waals surface area contributed by atoms with Crippen LogP contribution in [0.4, 0.5) is 5.69 Å². The van der Waals surface area contributed by atoms with Crippen molar-refractivity contribution in [3.05, 3.63) is 47.5 Å². The van der Waals surface area contributed by atoms with Gasteiger partial charge in [-0.2, -0.15) is 0 Å². The average Bonchev–Trinajstić information content (AvgIpc) is 2.89. The maximum atomic E-state index is 11.0. The first kappa shape index (κ1) is 13.9. The zero-order valence-corrected chi connectivity index (χ0v) is 11.9. The number of nitrogen functional groups attached to an aromatic ring is 1. The fraction of sp³-hybridized carbons (Fsp3) is 0.133. The molecule has 0 radical (unpaired) electrons. The number of anilines is 1. The topological polar surface area (TPSA) is 103 Å². The lowest BCUT2D eigenvalue weighted by Crippen LogP contribution is -2.05. The summed E-state index contributed by atoms with van der Waals surface area (Å²) in [6.45, 7) is 0.406. The molecule has 0 aliphatic rings. The molecule has 0 saturated heterocycles. The van der Waals surface area contributed by atoms with Crippen molar-refractivity contribution in [2.75, 3.05) is 12.8 Å². The van der Waals surface area contributed by atoms with E-state index in [1.165, 1.54) is 19.2 Å². The summed E-state index contributed by atoms with van der Waals surface area (Å²) < 4.78 is 6.97. The maximum absolute atomic E-state index is 11.0. The minimum Gasteiger partial charge on any atom is -0.496 e. The summed E-state index contributed by atoms with van der Waals surface area (Å²) in [5, 5.41) is 17.2. The molecule has 0 fully saturated rings. The lowest BCUT2D eigenvalue weighted by atomic mass is 10.1. The van der Waals surface area contributed by atoms with Crippen molar-refractivity contribution in [3.63, 3.8) is 0 Å². The van der Waals surface area contributed by atoms with Gasteiger partial charge in [0.2, 0.25) is 0 Å². The van der Waals surface area contributed by atoms with Gasteiger partial charge in [0.1, 0.15) is 11.3 Å². The van der Waals surface area contributed by atoms with Crippen LogP contribution in [-0.4, -0.2) is 33.2 Å². The van der Waals surface area contributed by atoms with Gasteiger partial charge in [-0.05, 0) is 30.3 Å². The van der Waals surface area contributed by atoms with Crippen molar-refractivity contribution in [1.82, 2.24) is 15.0 Å². The van der Waals surface area contributed by atoms with Crippen LogP contribution in [0.2, 0.25) is 0 Å². The van der Waals surface area contributed by atoms with Gasteiger partial charge in [0, 0.05) is 11.3 Å². The highest BCUT2D eigenvalue weighted by molar-refractivity contribution is 5.88. The summed E-state index contributed by atoms with van der Waals surface area (Å²) in [6.07, 6.45) is 0. The van der Waals surface area contributed by atoms with E-state index in [-0.39, 0.29) is 5.56 Å². The fourth-order valence-electron chi connectivity index (χ4n) is 2.27. The number of carboxylic acids is 1. The molecule has 0 saturated carbocycles. The molecule has 0 aliphatic heterocycles. The molecule has 7 heteroatoms. The number of carboxylic acid groups (broad SMARTS) is 1. The average molecular weight is 298 g/mol. The van der Waals surface area contributed by atoms with E-state index in [0.29, 0.717) is 18.0 Å². The Morgan fingerprint density at radius 3 is 2.86 bits per heavy atom. The summed E-state index contributed by atoms with van der Waals surface area (Å²) in [5.74, 6) is -0.503. The monoisotopic (exact) mass is 298 g/mol. The fourth-order valence-corrected chi connectivity index (χ4v) is 2.27. The predicted molar refractivity (Wildman–Crippen MR) is 81.0 cm³/mol. The largest absolute Gasteiger partial charge is 0.496 e. The van der Waals surface area contributed by atoms with E-state index in [1.54, 1.807) is 28.9 Å². The van der Waals surface area contributed by atoms with Gasteiger partial charge in [-0.3, -0.25) is 0 Å². The van der Waals surface area contributed by atoms with E-state index in [1.807, 2.05) is 0 Å². The van der Waals surface area contributed by atoms with Gasteiger partial charge in [-0.25, -0.2) is 9.48 Å². The lowest BCUT2D eigenvalue weighted by molar-refractivity contribution is 0.0696. The molecule has 1 heterocycles. The number of benzene rings is 2. The van der Waals surface area contributed by atoms with Crippen molar-refractivity contribution in [3.8, 4) is 5.75 Å². The Morgan fingerprint density at radius 1 is 1.32 bits per heavy atom. The molecule has 7 nitrogen and oxygen atoms in total. The number of aromatic nitrogens is 3. The molecule has 112 valence electrons. The SMILES string of the molecule is COc1cc(C(=O)O)ccc1Cn1nnc2ccc(N)cc21. The zero-order valence-electron chi connectivity index (χ0n) is 11.9. The van der Waals surface area contributed by atoms with Crippen LogP contribution in [0.5, 0.6) is 5.75 Å². The van der Waals surface area contributed by atoms with Crippen LogP contribution in [0, 0.1) is 0 Å². The molecule has 0 spiro atoms. The maximum Gasteiger partial charge on any atom is 0.335 e. The minimum atomic E-state index is -0.996. The molecule has 3 N–H and O–H groups in total. The molecule has 0 amide bonds. The molecule has 0 unspecified atom stereocenters. The van der Waals surface area contributed by atoms with Gasteiger partial charge >= 0.3 is 5.97 Å². The number of ether oxygens (including phenoxy) is 1. The van der Waals surface area contributed by atoms with Gasteiger partial charge in [0.15, 0.2) is 0 Å². The van der Waals surface area contributed by atoms with Crippen molar-refractivity contribution in [1.29, 1.82) is 0 Å². The minimum absolute atomic E-state index is 0.174. The molecular formula is C15H14N4O3. The van der Waals surface area contributed by atoms with Crippen molar-refractivity contribution in [2.45, 2.75) is 6.54 Å².